The van der Waals surface area contributed by atoms with E-state index in [1.165, 1.54) is 13.2 Å². The minimum absolute atomic E-state index is 0.0101. The van der Waals surface area contributed by atoms with E-state index in [4.69, 9.17) is 26.8 Å². The summed E-state index contributed by atoms with van der Waals surface area (Å²) in [5.41, 5.74) is 6.29. The van der Waals surface area contributed by atoms with Crippen LogP contribution in [0.5, 0.6) is 11.5 Å². The van der Waals surface area contributed by atoms with Gasteiger partial charge in [0.15, 0.2) is 11.5 Å². The van der Waals surface area contributed by atoms with Crippen molar-refractivity contribution in [3.8, 4) is 11.5 Å². The zero-order chi connectivity index (χ0) is 14.3. The molecule has 0 aliphatic rings. The summed E-state index contributed by atoms with van der Waals surface area (Å²) in [6.07, 6.45) is 1.50. The van der Waals surface area contributed by atoms with Crippen LogP contribution in [0.3, 0.4) is 0 Å². The maximum atomic E-state index is 11.2. The number of rotatable bonds is 6. The van der Waals surface area contributed by atoms with Gasteiger partial charge in [0.2, 0.25) is 0 Å². The molecule has 2 N–H and O–H groups in total. The van der Waals surface area contributed by atoms with Gasteiger partial charge in [-0.3, -0.25) is 0 Å². The van der Waals surface area contributed by atoms with Crippen LogP contribution in [0.2, 0.25) is 0 Å². The van der Waals surface area contributed by atoms with Crippen molar-refractivity contribution in [3.63, 3.8) is 0 Å². The van der Waals surface area contributed by atoms with E-state index >= 15 is 0 Å². The third-order valence-electron chi connectivity index (χ3n) is 2.27. The van der Waals surface area contributed by atoms with Gasteiger partial charge >= 0.3 is 5.97 Å². The summed E-state index contributed by atoms with van der Waals surface area (Å²) in [4.78, 5) is 11.2. The Hall–Kier alpha value is -1.88. The van der Waals surface area contributed by atoms with Gasteiger partial charge in [-0.2, -0.15) is 0 Å². The van der Waals surface area contributed by atoms with Gasteiger partial charge in [-0.1, -0.05) is 6.07 Å². The van der Waals surface area contributed by atoms with E-state index in [9.17, 15) is 4.79 Å². The number of esters is 1. The fourth-order valence-electron chi connectivity index (χ4n) is 1.40. The van der Waals surface area contributed by atoms with E-state index in [1.54, 1.807) is 25.3 Å². The minimum atomic E-state index is -0.584. The largest absolute Gasteiger partial charge is 0.493 e. The van der Waals surface area contributed by atoms with Crippen LogP contribution >= 0.6 is 11.6 Å². The van der Waals surface area contributed by atoms with Gasteiger partial charge in [0.25, 0.3) is 0 Å². The number of nitrogens with two attached hydrogens (primary N) is 1. The molecule has 19 heavy (non-hydrogen) atoms. The smallest absolute Gasteiger partial charge is 0.353 e. The first-order chi connectivity index (χ1) is 9.12. The van der Waals surface area contributed by atoms with Gasteiger partial charge in [-0.05, 0) is 23.8 Å². The topological polar surface area (TPSA) is 70.8 Å². The number of ether oxygens (including phenoxy) is 3. The molecule has 0 fully saturated rings. The molecule has 0 radical (unpaired) electrons. The monoisotopic (exact) mass is 285 g/mol. The molecule has 1 aromatic carbocycles. The number of hydrogen-bond donors (Lipinski definition) is 1. The van der Waals surface area contributed by atoms with E-state index in [2.05, 4.69) is 4.74 Å². The summed E-state index contributed by atoms with van der Waals surface area (Å²) in [5, 5.41) is 0. The Labute approximate surface area is 116 Å². The van der Waals surface area contributed by atoms with Crippen molar-refractivity contribution >= 4 is 23.6 Å². The number of methoxy groups -OCH3 is 2. The van der Waals surface area contributed by atoms with Crippen molar-refractivity contribution in [1.29, 1.82) is 0 Å². The molecule has 1 rings (SSSR count). The van der Waals surface area contributed by atoms with E-state index in [-0.39, 0.29) is 5.70 Å². The molecule has 104 valence electrons. The van der Waals surface area contributed by atoms with E-state index in [1.807, 2.05) is 0 Å². The van der Waals surface area contributed by atoms with Crippen LogP contribution in [0.15, 0.2) is 23.9 Å². The Bertz CT molecular complexity index is 474. The van der Waals surface area contributed by atoms with Crippen molar-refractivity contribution in [2.24, 2.45) is 5.73 Å². The predicted molar refractivity (Wildman–Crippen MR) is 73.4 cm³/mol. The van der Waals surface area contributed by atoms with E-state index < -0.39 is 5.97 Å². The van der Waals surface area contributed by atoms with Crippen molar-refractivity contribution in [2.75, 3.05) is 26.7 Å². The van der Waals surface area contributed by atoms with Crippen LogP contribution in [0.25, 0.3) is 6.08 Å². The summed E-state index contributed by atoms with van der Waals surface area (Å²) in [5.74, 6) is 0.903. The quantitative estimate of drug-likeness (QED) is 0.490. The fourth-order valence-corrected chi connectivity index (χ4v) is 1.48. The van der Waals surface area contributed by atoms with Crippen molar-refractivity contribution in [1.82, 2.24) is 0 Å². The molecule has 0 aromatic heterocycles. The third kappa shape index (κ3) is 4.37. The molecule has 0 heterocycles. The molecule has 0 aliphatic heterocycles. The second-order valence-corrected chi connectivity index (χ2v) is 3.92. The highest BCUT2D eigenvalue weighted by atomic mass is 35.5. The molecule has 0 saturated carbocycles. The first-order valence-corrected chi connectivity index (χ1v) is 6.08. The number of halogens is 1. The number of carbonyl (C=O) groups excluding carboxylic acids is 1. The molecule has 0 unspecified atom stereocenters. The Morgan fingerprint density at radius 3 is 2.68 bits per heavy atom. The zero-order valence-corrected chi connectivity index (χ0v) is 11.6. The molecule has 6 heteroatoms. The van der Waals surface area contributed by atoms with Gasteiger partial charge in [0, 0.05) is 0 Å². The number of hydrogen-bond acceptors (Lipinski definition) is 5. The SMILES string of the molecule is COC(=O)/C(N)=C/c1ccc(OC)c(OCCCl)c1. The molecule has 0 aliphatic carbocycles. The van der Waals surface area contributed by atoms with Crippen LogP contribution in [0, 0.1) is 0 Å². The van der Waals surface area contributed by atoms with Crippen LogP contribution in [0.4, 0.5) is 0 Å². The number of carbonyl (C=O) groups is 1. The van der Waals surface area contributed by atoms with Crippen LogP contribution in [-0.4, -0.2) is 32.7 Å². The molecule has 1 aromatic rings. The molecule has 0 atom stereocenters. The van der Waals surface area contributed by atoms with E-state index in [0.29, 0.717) is 29.5 Å². The Morgan fingerprint density at radius 1 is 1.37 bits per heavy atom. The van der Waals surface area contributed by atoms with Crippen molar-refractivity contribution in [3.05, 3.63) is 29.5 Å². The summed E-state index contributed by atoms with van der Waals surface area (Å²) in [6, 6.07) is 5.18. The lowest BCUT2D eigenvalue weighted by Gasteiger charge is -2.10. The molecule has 0 saturated heterocycles. The Kier molecular flexibility index (Phi) is 6.02. The second kappa shape index (κ2) is 7.53. The first-order valence-electron chi connectivity index (χ1n) is 5.54. The maximum absolute atomic E-state index is 11.2. The zero-order valence-electron chi connectivity index (χ0n) is 10.8. The van der Waals surface area contributed by atoms with Gasteiger partial charge in [0.1, 0.15) is 12.3 Å². The average Bonchev–Trinajstić information content (AvgIpc) is 2.44. The van der Waals surface area contributed by atoms with Gasteiger partial charge in [-0.15, -0.1) is 11.6 Å². The third-order valence-corrected chi connectivity index (χ3v) is 2.42. The van der Waals surface area contributed by atoms with E-state index in [0.717, 1.165) is 0 Å². The molecule has 0 bridgehead atoms. The minimum Gasteiger partial charge on any atom is -0.493 e. The maximum Gasteiger partial charge on any atom is 0.353 e. The highest BCUT2D eigenvalue weighted by Gasteiger charge is 2.08. The first kappa shape index (κ1) is 15.2. The lowest BCUT2D eigenvalue weighted by atomic mass is 10.1. The van der Waals surface area contributed by atoms with Crippen molar-refractivity contribution < 1.29 is 19.0 Å². The van der Waals surface area contributed by atoms with Crippen LogP contribution in [-0.2, 0) is 9.53 Å². The number of benzene rings is 1. The van der Waals surface area contributed by atoms with Crippen LogP contribution in [0.1, 0.15) is 5.56 Å². The summed E-state index contributed by atoms with van der Waals surface area (Å²) in [6.45, 7) is 0.359. The molecule has 0 spiro atoms. The fraction of sp³-hybridized carbons (Fsp3) is 0.308. The second-order valence-electron chi connectivity index (χ2n) is 3.54. The Morgan fingerprint density at radius 2 is 2.11 bits per heavy atom. The summed E-state index contributed by atoms with van der Waals surface area (Å²) < 4.78 is 15.1. The lowest BCUT2D eigenvalue weighted by Crippen LogP contribution is -2.12. The average molecular weight is 286 g/mol. The molecule has 5 nitrogen and oxygen atoms in total. The molecular weight excluding hydrogens is 270 g/mol. The van der Waals surface area contributed by atoms with Gasteiger partial charge < -0.3 is 19.9 Å². The predicted octanol–water partition coefficient (Wildman–Crippen LogP) is 1.79. The van der Waals surface area contributed by atoms with Crippen molar-refractivity contribution in [2.45, 2.75) is 0 Å². The van der Waals surface area contributed by atoms with Gasteiger partial charge in [-0.25, -0.2) is 4.79 Å². The van der Waals surface area contributed by atoms with Crippen LogP contribution < -0.4 is 15.2 Å². The highest BCUT2D eigenvalue weighted by Crippen LogP contribution is 2.28. The number of alkyl halides is 1. The standard InChI is InChI=1S/C13H16ClNO4/c1-17-11-4-3-9(7-10(15)13(16)18-2)8-12(11)19-6-5-14/h3-4,7-8H,5-6,15H2,1-2H3/b10-7-. The lowest BCUT2D eigenvalue weighted by molar-refractivity contribution is -0.136. The molecule has 0 amide bonds. The van der Waals surface area contributed by atoms with Gasteiger partial charge in [0.05, 0.1) is 20.1 Å². The summed E-state index contributed by atoms with van der Waals surface area (Å²) in [7, 11) is 2.81. The molecular formula is C13H16ClNO4. The Balaban J connectivity index is 3.00. The normalized spacial score (nSPS) is 11.0. The summed E-state index contributed by atoms with van der Waals surface area (Å²) >= 11 is 5.57. The highest BCUT2D eigenvalue weighted by molar-refractivity contribution is 6.18.